The number of β-amino-alcohol motifs (C(OH)–C–C–N with tert-alkyl or cyclic N) is 1. The van der Waals surface area contributed by atoms with Gasteiger partial charge < -0.3 is 10.0 Å². The van der Waals surface area contributed by atoms with E-state index >= 15 is 0 Å². The number of benzene rings is 1. The highest BCUT2D eigenvalue weighted by atomic mass is 16.3. The summed E-state index contributed by atoms with van der Waals surface area (Å²) in [4.78, 5) is 18.9. The van der Waals surface area contributed by atoms with Crippen LogP contribution < -0.4 is 0 Å². The number of rotatable bonds is 5. The molecule has 1 amide bonds. The van der Waals surface area contributed by atoms with E-state index in [0.717, 1.165) is 28.7 Å². The molecule has 0 bridgehead atoms. The zero-order valence-electron chi connectivity index (χ0n) is 16.4. The Kier molecular flexibility index (Phi) is 5.13. The minimum Gasteiger partial charge on any atom is -0.391 e. The molecule has 1 N–H and O–H groups in total. The molecule has 2 atom stereocenters. The van der Waals surface area contributed by atoms with Gasteiger partial charge in [0.05, 0.1) is 17.3 Å². The van der Waals surface area contributed by atoms with Gasteiger partial charge in [0, 0.05) is 49.2 Å². The minimum atomic E-state index is -0.496. The fraction of sp³-hybridized carbons (Fsp3) is 0.409. The first-order valence-electron chi connectivity index (χ1n) is 9.81. The first kappa shape index (κ1) is 18.6. The van der Waals surface area contributed by atoms with Crippen molar-refractivity contribution in [1.82, 2.24) is 19.7 Å². The molecule has 1 aliphatic heterocycles. The molecule has 28 heavy (non-hydrogen) atoms. The average molecular weight is 378 g/mol. The van der Waals surface area contributed by atoms with Gasteiger partial charge in [-0.05, 0) is 44.0 Å². The Morgan fingerprint density at radius 3 is 2.82 bits per heavy atom. The number of hydrogen-bond donors (Lipinski definition) is 1. The molecular weight excluding hydrogens is 352 g/mol. The molecule has 0 unspecified atom stereocenters. The molecule has 146 valence electrons. The summed E-state index contributed by atoms with van der Waals surface area (Å²) < 4.78 is 1.88. The number of aryl methyl sites for hydroxylation is 3. The number of nitrogens with zero attached hydrogens (tertiary/aromatic N) is 4. The minimum absolute atomic E-state index is 0.0449. The monoisotopic (exact) mass is 378 g/mol. The quantitative estimate of drug-likeness (QED) is 0.740. The Hall–Kier alpha value is -2.73. The number of fused-ring (bicyclic) bond motifs is 1. The Morgan fingerprint density at radius 1 is 1.21 bits per heavy atom. The molecule has 6 nitrogen and oxygen atoms in total. The van der Waals surface area contributed by atoms with Crippen molar-refractivity contribution < 1.29 is 9.90 Å². The van der Waals surface area contributed by atoms with Crippen LogP contribution in [0.15, 0.2) is 42.6 Å². The smallest absolute Gasteiger partial charge is 0.224 e. The molecule has 0 spiro atoms. The van der Waals surface area contributed by atoms with E-state index in [0.29, 0.717) is 26.1 Å². The Labute approximate surface area is 164 Å². The van der Waals surface area contributed by atoms with Crippen molar-refractivity contribution in [1.29, 1.82) is 0 Å². The standard InChI is InChI=1S/C22H26N4O2/c1-15-11-16(2)26(24-15)10-8-22(28)25-13-18(21(27)14-25)12-17-7-9-23-20-6-4-3-5-19(17)20/h3-7,9,11,18,21,27H,8,10,12-14H2,1-2H3/t18-,21+/m1/s1. The molecule has 0 saturated carbocycles. The van der Waals surface area contributed by atoms with Crippen LogP contribution in [0.1, 0.15) is 23.4 Å². The van der Waals surface area contributed by atoms with Crippen LogP contribution in [-0.4, -0.2) is 49.9 Å². The van der Waals surface area contributed by atoms with E-state index in [1.54, 1.807) is 4.90 Å². The lowest BCUT2D eigenvalue weighted by atomic mass is 9.94. The van der Waals surface area contributed by atoms with E-state index in [2.05, 4.69) is 16.1 Å². The van der Waals surface area contributed by atoms with Crippen LogP contribution in [-0.2, 0) is 17.8 Å². The number of aromatic nitrogens is 3. The predicted molar refractivity (Wildman–Crippen MR) is 108 cm³/mol. The number of amides is 1. The van der Waals surface area contributed by atoms with E-state index < -0.39 is 6.10 Å². The fourth-order valence-corrected chi connectivity index (χ4v) is 4.13. The van der Waals surface area contributed by atoms with Crippen LogP contribution in [0, 0.1) is 19.8 Å². The fourth-order valence-electron chi connectivity index (χ4n) is 4.13. The second-order valence-corrected chi connectivity index (χ2v) is 7.72. The van der Waals surface area contributed by atoms with Crippen LogP contribution in [0.4, 0.5) is 0 Å². The van der Waals surface area contributed by atoms with Gasteiger partial charge in [-0.15, -0.1) is 0 Å². The number of aliphatic hydroxyl groups excluding tert-OH is 1. The normalized spacial score (nSPS) is 19.5. The van der Waals surface area contributed by atoms with Gasteiger partial charge in [0.15, 0.2) is 0 Å². The summed E-state index contributed by atoms with van der Waals surface area (Å²) in [5, 5.41) is 16.1. The molecule has 3 aromatic rings. The zero-order valence-corrected chi connectivity index (χ0v) is 16.4. The van der Waals surface area contributed by atoms with Gasteiger partial charge in [0.2, 0.25) is 5.91 Å². The third-order valence-corrected chi connectivity index (χ3v) is 5.62. The first-order chi connectivity index (χ1) is 13.5. The van der Waals surface area contributed by atoms with Gasteiger partial charge in [0.25, 0.3) is 0 Å². The molecule has 4 rings (SSSR count). The van der Waals surface area contributed by atoms with Crippen LogP contribution in [0.25, 0.3) is 10.9 Å². The Balaban J connectivity index is 1.40. The highest BCUT2D eigenvalue weighted by Crippen LogP contribution is 2.25. The van der Waals surface area contributed by atoms with Gasteiger partial charge in [-0.3, -0.25) is 14.5 Å². The summed E-state index contributed by atoms with van der Waals surface area (Å²) in [6.07, 6.45) is 2.46. The number of pyridine rings is 1. The lowest BCUT2D eigenvalue weighted by molar-refractivity contribution is -0.130. The van der Waals surface area contributed by atoms with E-state index in [-0.39, 0.29) is 11.8 Å². The predicted octanol–water partition coefficient (Wildman–Crippen LogP) is 2.50. The van der Waals surface area contributed by atoms with Crippen molar-refractivity contribution in [3.8, 4) is 0 Å². The molecule has 3 heterocycles. The number of carbonyl (C=O) groups excluding carboxylic acids is 1. The molecule has 0 aliphatic carbocycles. The van der Waals surface area contributed by atoms with Gasteiger partial charge >= 0.3 is 0 Å². The van der Waals surface area contributed by atoms with Gasteiger partial charge in [-0.25, -0.2) is 0 Å². The molecule has 1 fully saturated rings. The van der Waals surface area contributed by atoms with Crippen molar-refractivity contribution in [3.63, 3.8) is 0 Å². The molecule has 0 radical (unpaired) electrons. The highest BCUT2D eigenvalue weighted by Gasteiger charge is 2.34. The summed E-state index contributed by atoms with van der Waals surface area (Å²) in [5.41, 5.74) is 4.16. The van der Waals surface area contributed by atoms with Crippen molar-refractivity contribution in [2.45, 2.75) is 39.3 Å². The molecule has 2 aromatic heterocycles. The average Bonchev–Trinajstić information content (AvgIpc) is 3.21. The van der Waals surface area contributed by atoms with Gasteiger partial charge in [-0.1, -0.05) is 18.2 Å². The second kappa shape index (κ2) is 7.72. The maximum Gasteiger partial charge on any atom is 0.224 e. The number of carbonyl (C=O) groups is 1. The first-order valence-corrected chi connectivity index (χ1v) is 9.81. The Bertz CT molecular complexity index is 992. The largest absolute Gasteiger partial charge is 0.391 e. The maximum absolute atomic E-state index is 12.7. The van der Waals surface area contributed by atoms with E-state index in [9.17, 15) is 9.90 Å². The second-order valence-electron chi connectivity index (χ2n) is 7.72. The highest BCUT2D eigenvalue weighted by molar-refractivity contribution is 5.82. The van der Waals surface area contributed by atoms with E-state index in [1.165, 1.54) is 5.56 Å². The molecular formula is C22H26N4O2. The van der Waals surface area contributed by atoms with Crippen LogP contribution in [0.3, 0.4) is 0 Å². The van der Waals surface area contributed by atoms with Crippen LogP contribution in [0.2, 0.25) is 0 Å². The van der Waals surface area contributed by atoms with Crippen LogP contribution in [0.5, 0.6) is 0 Å². The van der Waals surface area contributed by atoms with E-state index in [1.807, 2.05) is 55.1 Å². The van der Waals surface area contributed by atoms with Crippen molar-refractivity contribution in [2.24, 2.45) is 5.92 Å². The number of para-hydroxylation sites is 1. The number of likely N-dealkylation sites (tertiary alicyclic amines) is 1. The summed E-state index contributed by atoms with van der Waals surface area (Å²) in [6.45, 7) is 5.52. The summed E-state index contributed by atoms with van der Waals surface area (Å²) in [5.74, 6) is 0.122. The van der Waals surface area contributed by atoms with Crippen molar-refractivity contribution in [3.05, 3.63) is 59.5 Å². The summed E-state index contributed by atoms with van der Waals surface area (Å²) in [7, 11) is 0. The topological polar surface area (TPSA) is 71.2 Å². The maximum atomic E-state index is 12.7. The molecule has 1 aromatic carbocycles. The van der Waals surface area contributed by atoms with Crippen molar-refractivity contribution in [2.75, 3.05) is 13.1 Å². The molecule has 1 saturated heterocycles. The number of aliphatic hydroxyl groups is 1. The molecule has 6 heteroatoms. The van der Waals surface area contributed by atoms with Gasteiger partial charge in [-0.2, -0.15) is 5.10 Å². The van der Waals surface area contributed by atoms with Gasteiger partial charge in [0.1, 0.15) is 0 Å². The SMILES string of the molecule is Cc1cc(C)n(CCC(=O)N2C[C@@H](Cc3ccnc4ccccc34)[C@@H](O)C2)n1. The number of hydrogen-bond acceptors (Lipinski definition) is 4. The van der Waals surface area contributed by atoms with E-state index in [4.69, 9.17) is 0 Å². The lowest BCUT2D eigenvalue weighted by Crippen LogP contribution is -2.30. The lowest BCUT2D eigenvalue weighted by Gasteiger charge is -2.17. The van der Waals surface area contributed by atoms with Crippen LogP contribution >= 0.6 is 0 Å². The zero-order chi connectivity index (χ0) is 19.7. The Morgan fingerprint density at radius 2 is 2.04 bits per heavy atom. The molecule has 1 aliphatic rings. The van der Waals surface area contributed by atoms with Crippen molar-refractivity contribution >= 4 is 16.8 Å². The summed E-state index contributed by atoms with van der Waals surface area (Å²) in [6, 6.07) is 12.1. The third kappa shape index (κ3) is 3.78. The third-order valence-electron chi connectivity index (χ3n) is 5.62. The summed E-state index contributed by atoms with van der Waals surface area (Å²) >= 11 is 0.